The number of nitrogens with zero attached hydrogens (tertiary/aromatic N) is 1. The van der Waals surface area contributed by atoms with Crippen LogP contribution in [-0.2, 0) is 4.74 Å². The molecule has 1 fully saturated rings. The van der Waals surface area contributed by atoms with Gasteiger partial charge in [-0.3, -0.25) is 9.69 Å². The summed E-state index contributed by atoms with van der Waals surface area (Å²) < 4.78 is 16.6. The van der Waals surface area contributed by atoms with Gasteiger partial charge in [0.2, 0.25) is 0 Å². The first-order valence-corrected chi connectivity index (χ1v) is 9.89. The number of rotatable bonds is 6. The third-order valence-corrected chi connectivity index (χ3v) is 5.40. The van der Waals surface area contributed by atoms with Crippen LogP contribution in [-0.4, -0.2) is 50.8 Å². The fourth-order valence-corrected chi connectivity index (χ4v) is 3.73. The normalized spacial score (nSPS) is 15.9. The molecule has 6 heteroatoms. The molecule has 0 aliphatic carbocycles. The summed E-state index contributed by atoms with van der Waals surface area (Å²) in [5.41, 5.74) is 2.57. The van der Waals surface area contributed by atoms with Gasteiger partial charge >= 0.3 is 0 Å². The number of ether oxygens (including phenoxy) is 2. The van der Waals surface area contributed by atoms with Crippen LogP contribution in [0.1, 0.15) is 27.7 Å². The lowest BCUT2D eigenvalue weighted by Gasteiger charge is -2.31. The number of benzene rings is 2. The highest BCUT2D eigenvalue weighted by molar-refractivity contribution is 5.99. The summed E-state index contributed by atoms with van der Waals surface area (Å²) in [6.45, 7) is 5.80. The molecule has 6 nitrogen and oxygen atoms in total. The van der Waals surface area contributed by atoms with Crippen LogP contribution in [0.5, 0.6) is 5.75 Å². The van der Waals surface area contributed by atoms with Gasteiger partial charge in [-0.1, -0.05) is 30.3 Å². The first-order chi connectivity index (χ1) is 14.2. The highest BCUT2D eigenvalue weighted by atomic mass is 16.5. The monoisotopic (exact) mass is 394 g/mol. The molecule has 0 bridgehead atoms. The zero-order valence-electron chi connectivity index (χ0n) is 16.8. The average molecular weight is 394 g/mol. The molecule has 0 spiro atoms. The first kappa shape index (κ1) is 19.5. The lowest BCUT2D eigenvalue weighted by Crippen LogP contribution is -2.43. The Morgan fingerprint density at radius 1 is 1.17 bits per heavy atom. The van der Waals surface area contributed by atoms with E-state index in [-0.39, 0.29) is 11.9 Å². The van der Waals surface area contributed by atoms with Gasteiger partial charge in [0, 0.05) is 30.6 Å². The van der Waals surface area contributed by atoms with Crippen LogP contribution in [0.4, 0.5) is 0 Å². The maximum Gasteiger partial charge on any atom is 0.287 e. The molecule has 1 aromatic heterocycles. The van der Waals surface area contributed by atoms with Crippen molar-refractivity contribution in [1.29, 1.82) is 0 Å². The Bertz CT molecular complexity index is 977. The molecule has 1 saturated heterocycles. The van der Waals surface area contributed by atoms with E-state index in [0.717, 1.165) is 55.1 Å². The van der Waals surface area contributed by atoms with Crippen molar-refractivity contribution in [3.63, 3.8) is 0 Å². The van der Waals surface area contributed by atoms with Crippen molar-refractivity contribution >= 4 is 16.9 Å². The number of furan rings is 1. The maximum absolute atomic E-state index is 13.1. The minimum atomic E-state index is -0.209. The minimum Gasteiger partial charge on any atom is -0.497 e. The van der Waals surface area contributed by atoms with Crippen molar-refractivity contribution < 1.29 is 18.7 Å². The molecule has 1 amide bonds. The van der Waals surface area contributed by atoms with E-state index in [1.54, 1.807) is 7.11 Å². The Balaban J connectivity index is 1.59. The Morgan fingerprint density at radius 3 is 2.66 bits per heavy atom. The molecular weight excluding hydrogens is 368 g/mol. The second-order valence-electron chi connectivity index (χ2n) is 7.27. The topological polar surface area (TPSA) is 63.9 Å². The maximum atomic E-state index is 13.1. The summed E-state index contributed by atoms with van der Waals surface area (Å²) >= 11 is 0. The van der Waals surface area contributed by atoms with E-state index in [9.17, 15) is 4.79 Å². The van der Waals surface area contributed by atoms with E-state index in [1.807, 2.05) is 55.5 Å². The number of nitrogens with one attached hydrogen (secondary N) is 1. The van der Waals surface area contributed by atoms with Crippen LogP contribution in [0.2, 0.25) is 0 Å². The van der Waals surface area contributed by atoms with E-state index in [0.29, 0.717) is 11.3 Å². The second-order valence-corrected chi connectivity index (χ2v) is 7.27. The zero-order valence-corrected chi connectivity index (χ0v) is 16.8. The molecule has 2 aromatic carbocycles. The van der Waals surface area contributed by atoms with Crippen LogP contribution >= 0.6 is 0 Å². The summed E-state index contributed by atoms with van der Waals surface area (Å²) in [4.78, 5) is 15.5. The minimum absolute atomic E-state index is 0.135. The molecule has 1 aliphatic rings. The summed E-state index contributed by atoms with van der Waals surface area (Å²) in [6, 6.07) is 15.5. The standard InChI is InChI=1S/C23H26N2O4/c1-16-19-14-18(27-2)8-9-21(19)29-22(16)23(26)24-20(17-6-4-3-5-7-17)15-25-10-12-28-13-11-25/h3-9,14,20H,10-13,15H2,1-2H3,(H,24,26). The molecule has 2 heterocycles. The summed E-state index contributed by atoms with van der Waals surface area (Å²) in [5.74, 6) is 0.874. The third kappa shape index (κ3) is 4.28. The molecule has 152 valence electrons. The van der Waals surface area contributed by atoms with Gasteiger partial charge in [0.25, 0.3) is 5.91 Å². The van der Waals surface area contributed by atoms with E-state index in [4.69, 9.17) is 13.9 Å². The van der Waals surface area contributed by atoms with E-state index in [2.05, 4.69) is 10.2 Å². The van der Waals surface area contributed by atoms with E-state index in [1.165, 1.54) is 0 Å². The fourth-order valence-electron chi connectivity index (χ4n) is 3.73. The second kappa shape index (κ2) is 8.68. The van der Waals surface area contributed by atoms with Gasteiger partial charge in [-0.05, 0) is 30.7 Å². The molecule has 4 rings (SSSR count). The molecule has 1 aliphatic heterocycles. The first-order valence-electron chi connectivity index (χ1n) is 9.89. The van der Waals surface area contributed by atoms with Crippen LogP contribution in [0.3, 0.4) is 0 Å². The van der Waals surface area contributed by atoms with Crippen molar-refractivity contribution in [1.82, 2.24) is 10.2 Å². The van der Waals surface area contributed by atoms with Crippen molar-refractivity contribution in [2.75, 3.05) is 40.0 Å². The molecule has 1 atom stereocenters. The largest absolute Gasteiger partial charge is 0.497 e. The molecule has 0 radical (unpaired) electrons. The Kier molecular flexibility index (Phi) is 5.83. The smallest absolute Gasteiger partial charge is 0.287 e. The highest BCUT2D eigenvalue weighted by Gasteiger charge is 2.24. The SMILES string of the molecule is COc1ccc2oc(C(=O)NC(CN3CCOCC3)c3ccccc3)c(C)c2c1. The van der Waals surface area contributed by atoms with Crippen LogP contribution < -0.4 is 10.1 Å². The van der Waals surface area contributed by atoms with Crippen molar-refractivity contribution in [2.24, 2.45) is 0 Å². The average Bonchev–Trinajstić information content (AvgIpc) is 3.10. The number of hydrogen-bond acceptors (Lipinski definition) is 5. The summed E-state index contributed by atoms with van der Waals surface area (Å²) in [7, 11) is 1.63. The van der Waals surface area contributed by atoms with Gasteiger partial charge in [0.15, 0.2) is 5.76 Å². The lowest BCUT2D eigenvalue weighted by molar-refractivity contribution is 0.0331. The molecular formula is C23H26N2O4. The van der Waals surface area contributed by atoms with E-state index < -0.39 is 0 Å². The van der Waals surface area contributed by atoms with Crippen LogP contribution in [0, 0.1) is 6.92 Å². The highest BCUT2D eigenvalue weighted by Crippen LogP contribution is 2.29. The Labute approximate surface area is 170 Å². The Hall–Kier alpha value is -2.83. The van der Waals surface area contributed by atoms with Crippen LogP contribution in [0.25, 0.3) is 11.0 Å². The number of hydrogen-bond donors (Lipinski definition) is 1. The van der Waals surface area contributed by atoms with Crippen molar-refractivity contribution in [3.05, 3.63) is 65.4 Å². The number of aryl methyl sites for hydroxylation is 1. The molecule has 3 aromatic rings. The van der Waals surface area contributed by atoms with Crippen LogP contribution in [0.15, 0.2) is 52.9 Å². The predicted molar refractivity (Wildman–Crippen MR) is 111 cm³/mol. The fraction of sp³-hybridized carbons (Fsp3) is 0.348. The quantitative estimate of drug-likeness (QED) is 0.693. The summed E-state index contributed by atoms with van der Waals surface area (Å²) in [6.07, 6.45) is 0. The van der Waals surface area contributed by atoms with E-state index >= 15 is 0 Å². The number of carbonyl (C=O) groups excluding carboxylic acids is 1. The van der Waals surface area contributed by atoms with Gasteiger partial charge in [-0.15, -0.1) is 0 Å². The van der Waals surface area contributed by atoms with Gasteiger partial charge in [-0.25, -0.2) is 0 Å². The number of morpholine rings is 1. The number of carbonyl (C=O) groups is 1. The number of amides is 1. The van der Waals surface area contributed by atoms with Crippen molar-refractivity contribution in [2.45, 2.75) is 13.0 Å². The van der Waals surface area contributed by atoms with Gasteiger partial charge in [-0.2, -0.15) is 0 Å². The van der Waals surface area contributed by atoms with Crippen molar-refractivity contribution in [3.8, 4) is 5.75 Å². The number of methoxy groups -OCH3 is 1. The molecule has 1 unspecified atom stereocenters. The Morgan fingerprint density at radius 2 is 1.93 bits per heavy atom. The van der Waals surface area contributed by atoms with Gasteiger partial charge < -0.3 is 19.2 Å². The molecule has 29 heavy (non-hydrogen) atoms. The van der Waals surface area contributed by atoms with Gasteiger partial charge in [0.05, 0.1) is 26.4 Å². The molecule has 0 saturated carbocycles. The zero-order chi connectivity index (χ0) is 20.2. The number of fused-ring (bicyclic) bond motifs is 1. The molecule has 1 N–H and O–H groups in total. The third-order valence-electron chi connectivity index (χ3n) is 5.40. The predicted octanol–water partition coefficient (Wildman–Crippen LogP) is 3.55. The summed E-state index contributed by atoms with van der Waals surface area (Å²) in [5, 5.41) is 4.07. The van der Waals surface area contributed by atoms with Gasteiger partial charge in [0.1, 0.15) is 11.3 Å². The lowest BCUT2D eigenvalue weighted by atomic mass is 10.1.